The predicted molar refractivity (Wildman–Crippen MR) is 115 cm³/mol. The van der Waals surface area contributed by atoms with Gasteiger partial charge in [-0.15, -0.1) is 0 Å². The minimum Gasteiger partial charge on any atom is -0.506 e. The Balaban J connectivity index is 2.00. The van der Waals surface area contributed by atoms with Crippen LogP contribution in [0, 0.1) is 0 Å². The van der Waals surface area contributed by atoms with Gasteiger partial charge in [-0.3, -0.25) is 4.79 Å². The van der Waals surface area contributed by atoms with E-state index in [4.69, 9.17) is 47.0 Å². The molecule has 0 aliphatic carbocycles. The predicted octanol–water partition coefficient (Wildman–Crippen LogP) is 4.20. The summed E-state index contributed by atoms with van der Waals surface area (Å²) in [6.45, 7) is 0. The van der Waals surface area contributed by atoms with E-state index in [0.29, 0.717) is 5.69 Å². The molecule has 0 fully saturated rings. The summed E-state index contributed by atoms with van der Waals surface area (Å²) in [6, 6.07) is 15.8. The Bertz CT molecular complexity index is 826. The molecular formula is C18H16Cl3N3O2S. The number of hydrogen-bond acceptors (Lipinski definition) is 3. The van der Waals surface area contributed by atoms with Crippen LogP contribution < -0.4 is 16.0 Å². The van der Waals surface area contributed by atoms with Crippen LogP contribution >= 0.6 is 47.0 Å². The average molecular weight is 445 g/mol. The number of nitrogens with one attached hydrogen (secondary N) is 3. The molecule has 2 aromatic rings. The third-order valence-electron chi connectivity index (χ3n) is 3.27. The van der Waals surface area contributed by atoms with E-state index in [9.17, 15) is 9.90 Å². The lowest BCUT2D eigenvalue weighted by Gasteiger charge is -2.27. The molecule has 0 saturated carbocycles. The fourth-order valence-electron chi connectivity index (χ4n) is 2.00. The molecule has 2 rings (SSSR count). The maximum atomic E-state index is 12.1. The number of rotatable bonds is 5. The third kappa shape index (κ3) is 7.27. The fourth-order valence-corrected chi connectivity index (χ4v) is 2.55. The summed E-state index contributed by atoms with van der Waals surface area (Å²) in [5.74, 6) is -0.477. The van der Waals surface area contributed by atoms with E-state index in [0.717, 1.165) is 5.56 Å². The molecule has 1 amide bonds. The van der Waals surface area contributed by atoms with Crippen LogP contribution in [0.15, 0.2) is 60.7 Å². The molecular weight excluding hydrogens is 429 g/mol. The van der Waals surface area contributed by atoms with Gasteiger partial charge in [-0.05, 0) is 36.0 Å². The SMILES string of the molecule is O=C(/C=C/c1ccccc1)N[C@@H](NC(=S)Nc1ccccc1O)C(Cl)(Cl)Cl. The van der Waals surface area contributed by atoms with E-state index < -0.39 is 15.9 Å². The second-order valence-electron chi connectivity index (χ2n) is 5.34. The van der Waals surface area contributed by atoms with Gasteiger partial charge >= 0.3 is 0 Å². The standard InChI is InChI=1S/C18H16Cl3N3O2S/c19-18(20,21)16(23-15(26)11-10-12-6-2-1-3-7-12)24-17(27)22-13-8-4-5-9-14(13)25/h1-11,16,25H,(H,23,26)(H2,22,24,27)/b11-10+/t16-/m0/s1. The molecule has 1 atom stereocenters. The molecule has 0 unspecified atom stereocenters. The molecule has 9 heteroatoms. The van der Waals surface area contributed by atoms with Gasteiger partial charge in [-0.2, -0.15) is 0 Å². The highest BCUT2D eigenvalue weighted by molar-refractivity contribution is 7.80. The van der Waals surface area contributed by atoms with Crippen LogP contribution in [0.2, 0.25) is 0 Å². The highest BCUT2D eigenvalue weighted by Gasteiger charge is 2.34. The summed E-state index contributed by atoms with van der Waals surface area (Å²) in [4.78, 5) is 12.1. The molecule has 0 spiro atoms. The number of anilines is 1. The van der Waals surface area contributed by atoms with Crippen molar-refractivity contribution in [3.05, 3.63) is 66.2 Å². The van der Waals surface area contributed by atoms with Gasteiger partial charge in [0.05, 0.1) is 5.69 Å². The number of phenols is 1. The monoisotopic (exact) mass is 443 g/mol. The van der Waals surface area contributed by atoms with Crippen molar-refractivity contribution in [3.63, 3.8) is 0 Å². The minimum absolute atomic E-state index is 0.00177. The summed E-state index contributed by atoms with van der Waals surface area (Å²) in [6.07, 6.45) is 1.84. The summed E-state index contributed by atoms with van der Waals surface area (Å²) in [7, 11) is 0. The van der Waals surface area contributed by atoms with E-state index in [1.54, 1.807) is 24.3 Å². The molecule has 27 heavy (non-hydrogen) atoms. The maximum absolute atomic E-state index is 12.1. The van der Waals surface area contributed by atoms with Gasteiger partial charge in [0.1, 0.15) is 11.9 Å². The summed E-state index contributed by atoms with van der Waals surface area (Å²) >= 11 is 23.0. The highest BCUT2D eigenvalue weighted by Crippen LogP contribution is 2.29. The Labute approximate surface area is 177 Å². The van der Waals surface area contributed by atoms with Gasteiger partial charge in [0.25, 0.3) is 0 Å². The minimum atomic E-state index is -1.87. The number of para-hydroxylation sites is 2. The van der Waals surface area contributed by atoms with Gasteiger partial charge in [0, 0.05) is 6.08 Å². The van der Waals surface area contributed by atoms with Crippen LogP contribution in [0.5, 0.6) is 5.75 Å². The van der Waals surface area contributed by atoms with E-state index in [1.807, 2.05) is 30.3 Å². The molecule has 0 aliphatic heterocycles. The Morgan fingerprint density at radius 2 is 1.67 bits per heavy atom. The normalized spacial score (nSPS) is 12.4. The number of alkyl halides is 3. The first-order valence-electron chi connectivity index (χ1n) is 7.71. The second-order valence-corrected chi connectivity index (χ2v) is 8.12. The van der Waals surface area contributed by atoms with Crippen LogP contribution in [0.3, 0.4) is 0 Å². The number of thiocarbonyl (C=S) groups is 1. The molecule has 2 aromatic carbocycles. The van der Waals surface area contributed by atoms with Crippen LogP contribution in [0.1, 0.15) is 5.56 Å². The lowest BCUT2D eigenvalue weighted by molar-refractivity contribution is -0.117. The number of benzene rings is 2. The van der Waals surface area contributed by atoms with Crippen molar-refractivity contribution in [2.75, 3.05) is 5.32 Å². The Hall–Kier alpha value is -1.99. The van der Waals surface area contributed by atoms with Crippen molar-refractivity contribution in [1.29, 1.82) is 0 Å². The van der Waals surface area contributed by atoms with Crippen molar-refractivity contribution in [1.82, 2.24) is 10.6 Å². The van der Waals surface area contributed by atoms with Gasteiger partial charge < -0.3 is 21.1 Å². The molecule has 0 aliphatic rings. The molecule has 0 saturated heterocycles. The van der Waals surface area contributed by atoms with Crippen molar-refractivity contribution in [3.8, 4) is 5.75 Å². The first kappa shape index (κ1) is 21.3. The Kier molecular flexibility index (Phi) is 7.74. The Morgan fingerprint density at radius 3 is 2.30 bits per heavy atom. The number of phenolic OH excluding ortho intramolecular Hbond substituents is 1. The number of amides is 1. The lowest BCUT2D eigenvalue weighted by atomic mass is 10.2. The van der Waals surface area contributed by atoms with E-state index in [2.05, 4.69) is 16.0 Å². The Morgan fingerprint density at radius 1 is 1.04 bits per heavy atom. The van der Waals surface area contributed by atoms with Crippen molar-refractivity contribution < 1.29 is 9.90 Å². The third-order valence-corrected chi connectivity index (χ3v) is 4.14. The summed E-state index contributed by atoms with van der Waals surface area (Å²) in [5, 5.41) is 17.8. The van der Waals surface area contributed by atoms with E-state index >= 15 is 0 Å². The number of carbonyl (C=O) groups is 1. The first-order valence-corrected chi connectivity index (χ1v) is 9.26. The maximum Gasteiger partial charge on any atom is 0.245 e. The largest absolute Gasteiger partial charge is 0.506 e. The molecule has 0 bridgehead atoms. The number of halogens is 3. The van der Waals surface area contributed by atoms with Gasteiger partial charge in [0.2, 0.25) is 9.70 Å². The van der Waals surface area contributed by atoms with Crippen LogP contribution in [-0.2, 0) is 4.79 Å². The number of hydrogen-bond donors (Lipinski definition) is 4. The molecule has 5 nitrogen and oxygen atoms in total. The smallest absolute Gasteiger partial charge is 0.245 e. The second kappa shape index (κ2) is 9.80. The van der Waals surface area contributed by atoms with E-state index in [-0.39, 0.29) is 10.9 Å². The van der Waals surface area contributed by atoms with Crippen LogP contribution in [0.25, 0.3) is 6.08 Å². The molecule has 0 heterocycles. The van der Waals surface area contributed by atoms with Gasteiger partial charge in [-0.25, -0.2) is 0 Å². The van der Waals surface area contributed by atoms with Gasteiger partial charge in [-0.1, -0.05) is 77.3 Å². The molecule has 4 N–H and O–H groups in total. The quantitative estimate of drug-likeness (QED) is 0.183. The first-order chi connectivity index (χ1) is 12.8. The van der Waals surface area contributed by atoms with E-state index in [1.165, 1.54) is 12.1 Å². The topological polar surface area (TPSA) is 73.4 Å². The van der Waals surface area contributed by atoms with Crippen molar-refractivity contribution in [2.45, 2.75) is 9.96 Å². The fraction of sp³-hybridized carbons (Fsp3) is 0.111. The lowest BCUT2D eigenvalue weighted by Crippen LogP contribution is -2.55. The number of aromatic hydroxyl groups is 1. The zero-order chi connectivity index (χ0) is 19.9. The van der Waals surface area contributed by atoms with Crippen LogP contribution in [0.4, 0.5) is 5.69 Å². The molecule has 142 valence electrons. The average Bonchev–Trinajstić information content (AvgIpc) is 2.61. The highest BCUT2D eigenvalue weighted by atomic mass is 35.6. The van der Waals surface area contributed by atoms with Crippen molar-refractivity contribution in [2.24, 2.45) is 0 Å². The molecule has 0 radical (unpaired) electrons. The zero-order valence-corrected chi connectivity index (χ0v) is 16.9. The number of carbonyl (C=O) groups excluding carboxylic acids is 1. The molecule has 0 aromatic heterocycles. The van der Waals surface area contributed by atoms with Crippen LogP contribution in [-0.4, -0.2) is 26.1 Å². The van der Waals surface area contributed by atoms with Gasteiger partial charge in [0.15, 0.2) is 5.11 Å². The zero-order valence-electron chi connectivity index (χ0n) is 13.8. The summed E-state index contributed by atoms with van der Waals surface area (Å²) in [5.41, 5.74) is 1.22. The van der Waals surface area contributed by atoms with Crippen molar-refractivity contribution >= 4 is 69.8 Å². The summed E-state index contributed by atoms with van der Waals surface area (Å²) < 4.78 is -1.87.